The van der Waals surface area contributed by atoms with Crippen molar-refractivity contribution in [1.29, 1.82) is 0 Å². The Morgan fingerprint density at radius 3 is 2.50 bits per heavy atom. The molecule has 106 valence electrons. The van der Waals surface area contributed by atoms with E-state index in [0.717, 1.165) is 18.0 Å². The summed E-state index contributed by atoms with van der Waals surface area (Å²) >= 11 is 9.66. The Labute approximate surface area is 134 Å². The van der Waals surface area contributed by atoms with E-state index >= 15 is 0 Å². The van der Waals surface area contributed by atoms with Crippen LogP contribution in [0.3, 0.4) is 0 Å². The van der Waals surface area contributed by atoms with E-state index in [1.165, 1.54) is 21.2 Å². The second-order valence-electron chi connectivity index (χ2n) is 4.92. The van der Waals surface area contributed by atoms with Gasteiger partial charge in [0.2, 0.25) is 0 Å². The lowest BCUT2D eigenvalue weighted by molar-refractivity contribution is 0.547. The highest BCUT2D eigenvalue weighted by Crippen LogP contribution is 2.29. The van der Waals surface area contributed by atoms with Gasteiger partial charge in [0, 0.05) is 15.5 Å². The molecule has 0 amide bonds. The van der Waals surface area contributed by atoms with Crippen LogP contribution < -0.4 is 5.32 Å². The molecule has 3 heteroatoms. The van der Waals surface area contributed by atoms with Crippen LogP contribution in [0.2, 0.25) is 5.02 Å². The van der Waals surface area contributed by atoms with Crippen LogP contribution in [0.1, 0.15) is 29.7 Å². The average molecular weight is 353 g/mol. The highest BCUT2D eigenvalue weighted by Gasteiger charge is 2.15. The molecule has 0 bridgehead atoms. The molecule has 0 aliphatic heterocycles. The number of hydrogen-bond acceptors (Lipinski definition) is 1. The van der Waals surface area contributed by atoms with Crippen LogP contribution in [0, 0.1) is 6.92 Å². The Morgan fingerprint density at radius 1 is 1.15 bits per heavy atom. The first kappa shape index (κ1) is 15.6. The van der Waals surface area contributed by atoms with Crippen molar-refractivity contribution in [1.82, 2.24) is 5.32 Å². The van der Waals surface area contributed by atoms with Gasteiger partial charge in [-0.25, -0.2) is 0 Å². The molecule has 0 aliphatic rings. The third-order valence-corrected chi connectivity index (χ3v) is 4.74. The van der Waals surface area contributed by atoms with Gasteiger partial charge in [0.25, 0.3) is 0 Å². The molecular formula is C17H19BrClN. The number of benzene rings is 2. The molecule has 0 fully saturated rings. The summed E-state index contributed by atoms with van der Waals surface area (Å²) in [5, 5.41) is 4.35. The Hall–Kier alpha value is -0.830. The second kappa shape index (κ2) is 7.26. The smallest absolute Gasteiger partial charge is 0.0406 e. The van der Waals surface area contributed by atoms with E-state index in [2.05, 4.69) is 65.4 Å². The van der Waals surface area contributed by atoms with Gasteiger partial charge in [-0.05, 0) is 48.7 Å². The molecule has 0 aromatic heterocycles. The van der Waals surface area contributed by atoms with Gasteiger partial charge in [0.05, 0.1) is 0 Å². The number of rotatable bonds is 5. The predicted molar refractivity (Wildman–Crippen MR) is 90.5 cm³/mol. The highest BCUT2D eigenvalue weighted by atomic mass is 79.9. The van der Waals surface area contributed by atoms with Crippen molar-refractivity contribution < 1.29 is 0 Å². The molecule has 20 heavy (non-hydrogen) atoms. The molecule has 1 unspecified atom stereocenters. The van der Waals surface area contributed by atoms with E-state index in [1.54, 1.807) is 0 Å². The molecule has 0 saturated carbocycles. The zero-order valence-electron chi connectivity index (χ0n) is 11.8. The third-order valence-electron chi connectivity index (χ3n) is 3.40. The first-order chi connectivity index (χ1) is 9.61. The van der Waals surface area contributed by atoms with Crippen molar-refractivity contribution in [3.8, 4) is 0 Å². The average Bonchev–Trinajstić information content (AvgIpc) is 2.44. The lowest BCUT2D eigenvalue weighted by Crippen LogP contribution is -2.23. The first-order valence-corrected chi connectivity index (χ1v) is 8.01. The van der Waals surface area contributed by atoms with Crippen molar-refractivity contribution in [2.24, 2.45) is 0 Å². The maximum Gasteiger partial charge on any atom is 0.0406 e. The monoisotopic (exact) mass is 351 g/mol. The summed E-state index contributed by atoms with van der Waals surface area (Å²) in [5.41, 5.74) is 3.86. The SMILES string of the molecule is CCNC(Cc1ccc(Cl)cc1)c1cccc(C)c1Br. The lowest BCUT2D eigenvalue weighted by Gasteiger charge is -2.21. The minimum atomic E-state index is 0.301. The number of halogens is 2. The van der Waals surface area contributed by atoms with Crippen LogP contribution in [-0.4, -0.2) is 6.54 Å². The zero-order chi connectivity index (χ0) is 14.5. The fraction of sp³-hybridized carbons (Fsp3) is 0.294. The Morgan fingerprint density at radius 2 is 1.85 bits per heavy atom. The van der Waals surface area contributed by atoms with Gasteiger partial charge in [-0.1, -0.05) is 64.8 Å². The third kappa shape index (κ3) is 3.85. The molecule has 2 aromatic rings. The number of aryl methyl sites for hydroxylation is 1. The van der Waals surface area contributed by atoms with E-state index in [1.807, 2.05) is 12.1 Å². The molecule has 0 radical (unpaired) electrons. The minimum Gasteiger partial charge on any atom is -0.310 e. The topological polar surface area (TPSA) is 12.0 Å². The summed E-state index contributed by atoms with van der Waals surface area (Å²) < 4.78 is 1.19. The number of hydrogen-bond donors (Lipinski definition) is 1. The van der Waals surface area contributed by atoms with Crippen molar-refractivity contribution in [3.63, 3.8) is 0 Å². The van der Waals surface area contributed by atoms with E-state index in [4.69, 9.17) is 11.6 Å². The van der Waals surface area contributed by atoms with Crippen molar-refractivity contribution >= 4 is 27.5 Å². The number of likely N-dealkylation sites (N-methyl/N-ethyl adjacent to an activating group) is 1. The normalized spacial score (nSPS) is 12.4. The molecule has 2 rings (SSSR count). The summed E-state index contributed by atoms with van der Waals surface area (Å²) in [6.45, 7) is 5.20. The molecule has 0 aliphatic carbocycles. The second-order valence-corrected chi connectivity index (χ2v) is 6.15. The van der Waals surface area contributed by atoms with Crippen LogP contribution in [0.4, 0.5) is 0 Å². The van der Waals surface area contributed by atoms with Gasteiger partial charge in [0.1, 0.15) is 0 Å². The van der Waals surface area contributed by atoms with Gasteiger partial charge >= 0.3 is 0 Å². The fourth-order valence-electron chi connectivity index (χ4n) is 2.33. The van der Waals surface area contributed by atoms with Crippen molar-refractivity contribution in [2.45, 2.75) is 26.3 Å². The Balaban J connectivity index is 2.26. The molecule has 0 saturated heterocycles. The predicted octanol–water partition coefficient (Wildman–Crippen LogP) is 5.30. The molecule has 1 atom stereocenters. The van der Waals surface area contributed by atoms with Crippen LogP contribution >= 0.6 is 27.5 Å². The summed E-state index contributed by atoms with van der Waals surface area (Å²) in [6, 6.07) is 14.8. The van der Waals surface area contributed by atoms with Gasteiger partial charge in [-0.3, -0.25) is 0 Å². The van der Waals surface area contributed by atoms with E-state index in [-0.39, 0.29) is 0 Å². The molecular weight excluding hydrogens is 334 g/mol. The van der Waals surface area contributed by atoms with Crippen LogP contribution in [-0.2, 0) is 6.42 Å². The fourth-order valence-corrected chi connectivity index (χ4v) is 3.00. The molecule has 2 aromatic carbocycles. The molecule has 1 nitrogen and oxygen atoms in total. The minimum absolute atomic E-state index is 0.301. The quantitative estimate of drug-likeness (QED) is 0.769. The maximum atomic E-state index is 5.95. The first-order valence-electron chi connectivity index (χ1n) is 6.84. The van der Waals surface area contributed by atoms with E-state index < -0.39 is 0 Å². The van der Waals surface area contributed by atoms with Crippen molar-refractivity contribution in [3.05, 3.63) is 68.7 Å². The van der Waals surface area contributed by atoms with Crippen molar-refractivity contribution in [2.75, 3.05) is 6.54 Å². The van der Waals surface area contributed by atoms with Gasteiger partial charge in [0.15, 0.2) is 0 Å². The van der Waals surface area contributed by atoms with E-state index in [0.29, 0.717) is 6.04 Å². The molecule has 0 heterocycles. The van der Waals surface area contributed by atoms with Crippen LogP contribution in [0.15, 0.2) is 46.9 Å². The zero-order valence-corrected chi connectivity index (χ0v) is 14.1. The van der Waals surface area contributed by atoms with Crippen LogP contribution in [0.5, 0.6) is 0 Å². The molecule has 0 spiro atoms. The maximum absolute atomic E-state index is 5.95. The summed E-state index contributed by atoms with van der Waals surface area (Å²) in [7, 11) is 0. The Bertz CT molecular complexity index is 566. The standard InChI is InChI=1S/C17H19BrClN/c1-3-20-16(11-13-7-9-14(19)10-8-13)15-6-4-5-12(2)17(15)18/h4-10,16,20H,3,11H2,1-2H3. The number of nitrogens with one attached hydrogen (secondary N) is 1. The van der Waals surface area contributed by atoms with Gasteiger partial charge in [-0.15, -0.1) is 0 Å². The lowest BCUT2D eigenvalue weighted by atomic mass is 9.97. The summed E-state index contributed by atoms with van der Waals surface area (Å²) in [6.07, 6.45) is 0.951. The van der Waals surface area contributed by atoms with Gasteiger partial charge in [-0.2, -0.15) is 0 Å². The van der Waals surface area contributed by atoms with E-state index in [9.17, 15) is 0 Å². The summed E-state index contributed by atoms with van der Waals surface area (Å²) in [5.74, 6) is 0. The van der Waals surface area contributed by atoms with Crippen LogP contribution in [0.25, 0.3) is 0 Å². The van der Waals surface area contributed by atoms with Gasteiger partial charge < -0.3 is 5.32 Å². The largest absolute Gasteiger partial charge is 0.310 e. The highest BCUT2D eigenvalue weighted by molar-refractivity contribution is 9.10. The Kier molecular flexibility index (Phi) is 5.64. The molecule has 1 N–H and O–H groups in total. The summed E-state index contributed by atoms with van der Waals surface area (Å²) in [4.78, 5) is 0.